The summed E-state index contributed by atoms with van der Waals surface area (Å²) in [5.74, 6) is 1.40. The molecule has 4 rings (SSSR count). The van der Waals surface area contributed by atoms with Gasteiger partial charge < -0.3 is 19.5 Å². The van der Waals surface area contributed by atoms with Gasteiger partial charge in [-0.15, -0.1) is 0 Å². The minimum absolute atomic E-state index is 0.0297. The lowest BCUT2D eigenvalue weighted by Gasteiger charge is -2.54. The summed E-state index contributed by atoms with van der Waals surface area (Å²) in [4.78, 5) is 14.1. The summed E-state index contributed by atoms with van der Waals surface area (Å²) in [6.07, 6.45) is 4.19. The highest BCUT2D eigenvalue weighted by molar-refractivity contribution is 5.96. The molecule has 1 unspecified atom stereocenters. The van der Waals surface area contributed by atoms with E-state index in [2.05, 4.69) is 13.1 Å². The van der Waals surface area contributed by atoms with E-state index in [0.717, 1.165) is 30.5 Å². The van der Waals surface area contributed by atoms with Gasteiger partial charge in [0.15, 0.2) is 23.0 Å². The van der Waals surface area contributed by atoms with Crippen LogP contribution in [0.25, 0.3) is 0 Å². The summed E-state index contributed by atoms with van der Waals surface area (Å²) in [6, 6.07) is 4.28. The number of hydrogen-bond donors (Lipinski definition) is 2. The standard InChI is InChI=1S/C19H23NO4/c1-20-7-6-19-10-14(21)16(24-3)9-12(19)13(20)8-11-4-5-15(23-2)18(22)17(11)19/h4-5,9,12-13,22H,6-8,10H2,1-3H3/p+1/t12-,13+,19-/m0/s1. The van der Waals surface area contributed by atoms with Crippen molar-refractivity contribution in [2.75, 3.05) is 27.8 Å². The highest BCUT2D eigenvalue weighted by Gasteiger charge is 2.58. The Morgan fingerprint density at radius 1 is 1.29 bits per heavy atom. The number of benzene rings is 1. The number of ether oxygens (including phenoxy) is 2. The van der Waals surface area contributed by atoms with Crippen molar-refractivity contribution in [3.05, 3.63) is 35.1 Å². The van der Waals surface area contributed by atoms with E-state index in [1.165, 1.54) is 4.90 Å². The third-order valence-electron chi connectivity index (χ3n) is 6.36. The molecule has 0 radical (unpaired) electrons. The second-order valence-corrected chi connectivity index (χ2v) is 7.32. The molecular weight excluding hydrogens is 306 g/mol. The van der Waals surface area contributed by atoms with Crippen LogP contribution in [0.5, 0.6) is 11.5 Å². The van der Waals surface area contributed by atoms with Gasteiger partial charge in [-0.1, -0.05) is 6.07 Å². The first kappa shape index (κ1) is 15.5. The average molecular weight is 330 g/mol. The Morgan fingerprint density at radius 2 is 2.08 bits per heavy atom. The number of carbonyl (C=O) groups excluding carboxylic acids is 1. The average Bonchev–Trinajstić information content (AvgIpc) is 2.57. The number of likely N-dealkylation sites (N-methyl/N-ethyl adjacent to an activating group) is 1. The fraction of sp³-hybridized carbons (Fsp3) is 0.526. The molecule has 0 amide bonds. The topological polar surface area (TPSA) is 60.2 Å². The molecule has 1 aromatic rings. The lowest BCUT2D eigenvalue weighted by Crippen LogP contribution is -3.16. The van der Waals surface area contributed by atoms with Crippen molar-refractivity contribution in [2.24, 2.45) is 5.92 Å². The maximum absolute atomic E-state index is 12.6. The number of phenols is 1. The summed E-state index contributed by atoms with van der Waals surface area (Å²) in [5, 5.41) is 10.9. The second-order valence-electron chi connectivity index (χ2n) is 7.32. The fourth-order valence-electron chi connectivity index (χ4n) is 5.18. The van der Waals surface area contributed by atoms with E-state index in [1.54, 1.807) is 14.2 Å². The zero-order chi connectivity index (χ0) is 17.1. The van der Waals surface area contributed by atoms with Gasteiger partial charge in [-0.05, 0) is 17.7 Å². The molecule has 1 fully saturated rings. The summed E-state index contributed by atoms with van der Waals surface area (Å²) < 4.78 is 10.7. The lowest BCUT2D eigenvalue weighted by molar-refractivity contribution is -0.917. The van der Waals surface area contributed by atoms with Crippen molar-refractivity contribution in [1.29, 1.82) is 0 Å². The predicted molar refractivity (Wildman–Crippen MR) is 88.4 cm³/mol. The normalized spacial score (nSPS) is 34.0. The number of rotatable bonds is 2. The van der Waals surface area contributed by atoms with Gasteiger partial charge in [0, 0.05) is 36.2 Å². The number of hydrogen-bond acceptors (Lipinski definition) is 4. The van der Waals surface area contributed by atoms with Crippen LogP contribution in [0.4, 0.5) is 0 Å². The van der Waals surface area contributed by atoms with Gasteiger partial charge in [0.1, 0.15) is 0 Å². The number of aromatic hydroxyl groups is 1. The van der Waals surface area contributed by atoms with E-state index in [-0.39, 0.29) is 22.9 Å². The Kier molecular flexibility index (Phi) is 3.39. The number of allylic oxidation sites excluding steroid dienone is 1. The van der Waals surface area contributed by atoms with Crippen molar-refractivity contribution < 1.29 is 24.3 Å². The summed E-state index contributed by atoms with van der Waals surface area (Å²) >= 11 is 0. The summed E-state index contributed by atoms with van der Waals surface area (Å²) in [6.45, 7) is 1.00. The van der Waals surface area contributed by atoms with Crippen LogP contribution in [0, 0.1) is 5.92 Å². The quantitative estimate of drug-likeness (QED) is 0.834. The zero-order valence-corrected chi connectivity index (χ0v) is 14.4. The van der Waals surface area contributed by atoms with Gasteiger partial charge in [0.05, 0.1) is 33.9 Å². The third kappa shape index (κ3) is 1.88. The number of ketones is 1. The molecule has 1 saturated heterocycles. The van der Waals surface area contributed by atoms with Crippen molar-refractivity contribution in [1.82, 2.24) is 0 Å². The van der Waals surface area contributed by atoms with Gasteiger partial charge in [0.2, 0.25) is 0 Å². The minimum atomic E-state index is -0.338. The first-order valence-electron chi connectivity index (χ1n) is 8.52. The summed E-state index contributed by atoms with van der Waals surface area (Å²) in [5.41, 5.74) is 1.74. The van der Waals surface area contributed by atoms with Crippen molar-refractivity contribution in [3.63, 3.8) is 0 Å². The van der Waals surface area contributed by atoms with Crippen LogP contribution in [-0.2, 0) is 21.4 Å². The highest BCUT2D eigenvalue weighted by atomic mass is 16.5. The maximum Gasteiger partial charge on any atom is 0.197 e. The van der Waals surface area contributed by atoms with Gasteiger partial charge in [0.25, 0.3) is 0 Å². The number of nitrogens with one attached hydrogen (secondary N) is 1. The van der Waals surface area contributed by atoms with Crippen LogP contribution in [0.1, 0.15) is 24.0 Å². The molecule has 2 aliphatic carbocycles. The molecule has 0 aromatic heterocycles. The van der Waals surface area contributed by atoms with E-state index in [1.807, 2.05) is 12.1 Å². The molecule has 5 nitrogen and oxygen atoms in total. The van der Waals surface area contributed by atoms with Crippen molar-refractivity contribution >= 4 is 5.78 Å². The Bertz CT molecular complexity index is 741. The number of fused-ring (bicyclic) bond motifs is 1. The SMILES string of the molecule is COC1=C[C@H]2[C@H]3Cc4ccc(OC)c(O)c4[C@@]2(CC[NH+]3C)CC1=O. The molecule has 128 valence electrons. The Labute approximate surface area is 141 Å². The summed E-state index contributed by atoms with van der Waals surface area (Å²) in [7, 11) is 5.35. The molecule has 1 heterocycles. The van der Waals surface area contributed by atoms with Crippen LogP contribution in [0.2, 0.25) is 0 Å². The van der Waals surface area contributed by atoms with E-state index >= 15 is 0 Å². The van der Waals surface area contributed by atoms with E-state index < -0.39 is 0 Å². The zero-order valence-electron chi connectivity index (χ0n) is 14.4. The van der Waals surface area contributed by atoms with E-state index in [0.29, 0.717) is 24.0 Å². The van der Waals surface area contributed by atoms with Gasteiger partial charge in [-0.2, -0.15) is 0 Å². The number of Topliss-reactive ketones (excluding diaryl/α,β-unsaturated/α-hetero) is 1. The van der Waals surface area contributed by atoms with Crippen LogP contribution in [0.15, 0.2) is 24.0 Å². The van der Waals surface area contributed by atoms with Crippen LogP contribution < -0.4 is 9.64 Å². The Morgan fingerprint density at radius 3 is 2.79 bits per heavy atom. The molecule has 0 spiro atoms. The molecule has 1 aromatic carbocycles. The molecule has 0 saturated carbocycles. The van der Waals surface area contributed by atoms with E-state index in [4.69, 9.17) is 9.47 Å². The molecule has 2 bridgehead atoms. The van der Waals surface area contributed by atoms with Crippen molar-refractivity contribution in [3.8, 4) is 11.5 Å². The van der Waals surface area contributed by atoms with Gasteiger partial charge in [-0.3, -0.25) is 4.79 Å². The number of quaternary nitrogens is 1. The largest absolute Gasteiger partial charge is 0.504 e. The first-order valence-corrected chi connectivity index (χ1v) is 8.52. The number of methoxy groups -OCH3 is 2. The second kappa shape index (κ2) is 5.24. The van der Waals surface area contributed by atoms with Crippen LogP contribution in [-0.4, -0.2) is 44.7 Å². The minimum Gasteiger partial charge on any atom is -0.504 e. The molecule has 3 aliphatic rings. The molecule has 1 aliphatic heterocycles. The highest BCUT2D eigenvalue weighted by Crippen LogP contribution is 2.55. The van der Waals surface area contributed by atoms with Crippen LogP contribution in [0.3, 0.4) is 0 Å². The number of likely N-dealkylation sites (tertiary alicyclic amines) is 1. The number of piperidine rings is 1. The van der Waals surface area contributed by atoms with Crippen molar-refractivity contribution in [2.45, 2.75) is 30.7 Å². The van der Waals surface area contributed by atoms with E-state index in [9.17, 15) is 9.90 Å². The fourth-order valence-corrected chi connectivity index (χ4v) is 5.18. The smallest absolute Gasteiger partial charge is 0.197 e. The number of carbonyl (C=O) groups is 1. The molecule has 2 N–H and O–H groups in total. The molecule has 24 heavy (non-hydrogen) atoms. The molecular formula is C19H24NO4+. The monoisotopic (exact) mass is 330 g/mol. The molecule has 4 atom stereocenters. The lowest BCUT2D eigenvalue weighted by atomic mass is 9.53. The first-order chi connectivity index (χ1) is 11.5. The predicted octanol–water partition coefficient (Wildman–Crippen LogP) is 0.601. The Balaban J connectivity index is 1.97. The molecule has 5 heteroatoms. The van der Waals surface area contributed by atoms with Gasteiger partial charge in [-0.25, -0.2) is 0 Å². The maximum atomic E-state index is 12.6. The number of phenolic OH excluding ortho intramolecular Hbond substituents is 1. The van der Waals surface area contributed by atoms with Gasteiger partial charge >= 0.3 is 0 Å². The Hall–Kier alpha value is -2.01. The third-order valence-corrected chi connectivity index (χ3v) is 6.36. The van der Waals surface area contributed by atoms with Crippen LogP contribution >= 0.6 is 0 Å².